The fraction of sp³-hybridized carbons (Fsp3) is 0.692. The minimum atomic E-state index is -0.00886. The molecule has 1 aromatic rings. The molecule has 1 amide bonds. The number of carbonyl (C=O) groups excluding carboxylic acids is 1. The van der Waals surface area contributed by atoms with Gasteiger partial charge in [0.2, 0.25) is 0 Å². The van der Waals surface area contributed by atoms with Crippen LogP contribution < -0.4 is 10.6 Å². The molecule has 3 heterocycles. The lowest BCUT2D eigenvalue weighted by molar-refractivity contribution is 0.0730. The highest BCUT2D eigenvalue weighted by molar-refractivity contribution is 5.92. The first-order valence-electron chi connectivity index (χ1n) is 7.01. The van der Waals surface area contributed by atoms with Gasteiger partial charge in [0.15, 0.2) is 11.6 Å². The van der Waals surface area contributed by atoms with E-state index in [1.165, 1.54) is 6.26 Å². The number of nitrogens with one attached hydrogen (secondary N) is 2. The average Bonchev–Trinajstić information content (AvgIpc) is 2.98. The highest BCUT2D eigenvalue weighted by Gasteiger charge is 2.24. The molecule has 0 unspecified atom stereocenters. The molecule has 0 saturated carbocycles. The lowest BCUT2D eigenvalue weighted by atomic mass is 9.98. The van der Waals surface area contributed by atoms with Crippen LogP contribution >= 0.6 is 0 Å². The number of hydrogen-bond acceptors (Lipinski definition) is 5. The van der Waals surface area contributed by atoms with Crippen molar-refractivity contribution in [2.24, 2.45) is 0 Å². The van der Waals surface area contributed by atoms with Crippen LogP contribution in [-0.2, 0) is 0 Å². The third kappa shape index (κ3) is 2.79. The van der Waals surface area contributed by atoms with Crippen molar-refractivity contribution >= 4 is 5.91 Å². The molecule has 1 aromatic heterocycles. The predicted octanol–water partition coefficient (Wildman–Crippen LogP) is 0.187. The Balaban J connectivity index is 1.67. The van der Waals surface area contributed by atoms with Crippen LogP contribution in [0.1, 0.15) is 35.1 Å². The van der Waals surface area contributed by atoms with E-state index in [4.69, 9.17) is 4.42 Å². The van der Waals surface area contributed by atoms with E-state index in [1.54, 1.807) is 0 Å². The Hall–Kier alpha value is -1.40. The van der Waals surface area contributed by atoms with Gasteiger partial charge in [-0.1, -0.05) is 0 Å². The Morgan fingerprint density at radius 3 is 2.63 bits per heavy atom. The minimum Gasteiger partial charge on any atom is -0.448 e. The molecule has 0 bridgehead atoms. The van der Waals surface area contributed by atoms with Crippen LogP contribution in [0.15, 0.2) is 10.7 Å². The van der Waals surface area contributed by atoms with Gasteiger partial charge < -0.3 is 20.0 Å². The van der Waals surface area contributed by atoms with Crippen LogP contribution in [0.3, 0.4) is 0 Å². The zero-order chi connectivity index (χ0) is 13.1. The van der Waals surface area contributed by atoms with Gasteiger partial charge in [-0.05, 0) is 25.9 Å². The summed E-state index contributed by atoms with van der Waals surface area (Å²) >= 11 is 0. The zero-order valence-corrected chi connectivity index (χ0v) is 11.0. The molecular formula is C13H20N4O2. The van der Waals surface area contributed by atoms with Crippen LogP contribution in [0.2, 0.25) is 0 Å². The maximum absolute atomic E-state index is 12.3. The maximum atomic E-state index is 12.3. The molecular weight excluding hydrogens is 244 g/mol. The highest BCUT2D eigenvalue weighted by Crippen LogP contribution is 2.24. The van der Waals surface area contributed by atoms with Crippen molar-refractivity contribution in [3.63, 3.8) is 0 Å². The average molecular weight is 264 g/mol. The molecule has 2 aliphatic heterocycles. The summed E-state index contributed by atoms with van der Waals surface area (Å²) in [5.74, 6) is 1.07. The molecule has 19 heavy (non-hydrogen) atoms. The number of amides is 1. The van der Waals surface area contributed by atoms with E-state index in [-0.39, 0.29) is 5.91 Å². The predicted molar refractivity (Wildman–Crippen MR) is 70.1 cm³/mol. The number of hydrogen-bond donors (Lipinski definition) is 2. The van der Waals surface area contributed by atoms with E-state index in [0.717, 1.165) is 58.0 Å². The van der Waals surface area contributed by atoms with E-state index in [1.807, 2.05) is 4.90 Å². The SMILES string of the molecule is O=C(c1coc(C2CCNCC2)n1)N1CCNCC1. The first kappa shape index (κ1) is 12.6. The van der Waals surface area contributed by atoms with Gasteiger partial charge in [-0.15, -0.1) is 0 Å². The van der Waals surface area contributed by atoms with Gasteiger partial charge >= 0.3 is 0 Å². The number of piperazine rings is 1. The minimum absolute atomic E-state index is 0.00886. The summed E-state index contributed by atoms with van der Waals surface area (Å²) in [6.07, 6.45) is 3.57. The van der Waals surface area contributed by atoms with Gasteiger partial charge in [-0.25, -0.2) is 4.98 Å². The summed E-state index contributed by atoms with van der Waals surface area (Å²) in [7, 11) is 0. The summed E-state index contributed by atoms with van der Waals surface area (Å²) in [6, 6.07) is 0. The molecule has 2 saturated heterocycles. The molecule has 0 aromatic carbocycles. The second kappa shape index (κ2) is 5.71. The summed E-state index contributed by atoms with van der Waals surface area (Å²) in [4.78, 5) is 18.5. The molecule has 2 aliphatic rings. The van der Waals surface area contributed by atoms with Crippen LogP contribution in [0, 0.1) is 0 Å². The van der Waals surface area contributed by atoms with Crippen LogP contribution in [0.25, 0.3) is 0 Å². The quantitative estimate of drug-likeness (QED) is 0.798. The smallest absolute Gasteiger partial charge is 0.275 e. The highest BCUT2D eigenvalue weighted by atomic mass is 16.3. The molecule has 0 spiro atoms. The van der Waals surface area contributed by atoms with Crippen molar-refractivity contribution in [2.45, 2.75) is 18.8 Å². The van der Waals surface area contributed by atoms with Crippen molar-refractivity contribution in [3.8, 4) is 0 Å². The van der Waals surface area contributed by atoms with E-state index in [9.17, 15) is 4.79 Å². The monoisotopic (exact) mass is 264 g/mol. The Morgan fingerprint density at radius 2 is 1.89 bits per heavy atom. The molecule has 6 heteroatoms. The third-order valence-corrected chi connectivity index (χ3v) is 3.83. The Kier molecular flexibility index (Phi) is 3.79. The van der Waals surface area contributed by atoms with Crippen molar-refractivity contribution in [2.75, 3.05) is 39.3 Å². The molecule has 0 aliphatic carbocycles. The van der Waals surface area contributed by atoms with Gasteiger partial charge in [0.05, 0.1) is 0 Å². The Morgan fingerprint density at radius 1 is 1.21 bits per heavy atom. The number of oxazole rings is 1. The Labute approximate surface area is 112 Å². The first-order valence-corrected chi connectivity index (χ1v) is 7.01. The second-order valence-electron chi connectivity index (χ2n) is 5.14. The third-order valence-electron chi connectivity index (χ3n) is 3.83. The summed E-state index contributed by atoms with van der Waals surface area (Å²) in [5, 5.41) is 6.55. The topological polar surface area (TPSA) is 70.4 Å². The normalized spacial score (nSPS) is 21.6. The first-order chi connectivity index (χ1) is 9.34. The van der Waals surface area contributed by atoms with Crippen molar-refractivity contribution in [1.29, 1.82) is 0 Å². The van der Waals surface area contributed by atoms with Crippen molar-refractivity contribution in [1.82, 2.24) is 20.5 Å². The number of piperidine rings is 1. The van der Waals surface area contributed by atoms with Crippen molar-refractivity contribution in [3.05, 3.63) is 17.8 Å². The Bertz CT molecular complexity index is 434. The lowest BCUT2D eigenvalue weighted by Gasteiger charge is -2.26. The second-order valence-corrected chi connectivity index (χ2v) is 5.14. The van der Waals surface area contributed by atoms with Crippen LogP contribution in [0.4, 0.5) is 0 Å². The number of aromatic nitrogens is 1. The summed E-state index contributed by atoms with van der Waals surface area (Å²) < 4.78 is 5.51. The maximum Gasteiger partial charge on any atom is 0.275 e. The number of nitrogens with zero attached hydrogens (tertiary/aromatic N) is 2. The fourth-order valence-corrected chi connectivity index (χ4v) is 2.67. The van der Waals surface area contributed by atoms with Crippen LogP contribution in [0.5, 0.6) is 0 Å². The molecule has 2 fully saturated rings. The fourth-order valence-electron chi connectivity index (χ4n) is 2.67. The van der Waals surface area contributed by atoms with E-state index < -0.39 is 0 Å². The zero-order valence-electron chi connectivity index (χ0n) is 11.0. The van der Waals surface area contributed by atoms with Gasteiger partial charge in [0.1, 0.15) is 6.26 Å². The van der Waals surface area contributed by atoms with Gasteiger partial charge in [-0.2, -0.15) is 0 Å². The van der Waals surface area contributed by atoms with Crippen LogP contribution in [-0.4, -0.2) is 55.1 Å². The van der Waals surface area contributed by atoms with Gasteiger partial charge in [-0.3, -0.25) is 4.79 Å². The molecule has 2 N–H and O–H groups in total. The number of rotatable bonds is 2. The molecule has 0 radical (unpaired) electrons. The summed E-state index contributed by atoms with van der Waals surface area (Å²) in [5.41, 5.74) is 0.454. The molecule has 104 valence electrons. The largest absolute Gasteiger partial charge is 0.448 e. The van der Waals surface area contributed by atoms with Crippen molar-refractivity contribution < 1.29 is 9.21 Å². The van der Waals surface area contributed by atoms with E-state index in [0.29, 0.717) is 11.6 Å². The molecule has 0 atom stereocenters. The molecule has 3 rings (SSSR count). The lowest BCUT2D eigenvalue weighted by Crippen LogP contribution is -2.46. The molecule has 6 nitrogen and oxygen atoms in total. The van der Waals surface area contributed by atoms with E-state index in [2.05, 4.69) is 15.6 Å². The van der Waals surface area contributed by atoms with E-state index >= 15 is 0 Å². The summed E-state index contributed by atoms with van der Waals surface area (Å²) in [6.45, 7) is 5.18. The van der Waals surface area contributed by atoms with Gasteiger partial charge in [0, 0.05) is 32.1 Å². The van der Waals surface area contributed by atoms with Gasteiger partial charge in [0.25, 0.3) is 5.91 Å². The number of carbonyl (C=O) groups is 1. The standard InChI is InChI=1S/C13H20N4O2/c18-13(17-7-5-15-6-8-17)11-9-19-12(16-11)10-1-3-14-4-2-10/h9-10,14-15H,1-8H2.